The van der Waals surface area contributed by atoms with Gasteiger partial charge in [-0.2, -0.15) is 5.26 Å². The molecule has 0 amide bonds. The van der Waals surface area contributed by atoms with Gasteiger partial charge in [0.1, 0.15) is 12.4 Å². The van der Waals surface area contributed by atoms with E-state index >= 15 is 0 Å². The zero-order chi connectivity index (χ0) is 19.1. The van der Waals surface area contributed by atoms with Gasteiger partial charge in [-0.25, -0.2) is 0 Å². The second-order valence-electron chi connectivity index (χ2n) is 6.62. The van der Waals surface area contributed by atoms with Crippen LogP contribution in [0.2, 0.25) is 0 Å². The topological polar surface area (TPSA) is 47.3 Å². The number of carbonyl (C=O) groups is 1. The van der Waals surface area contributed by atoms with Gasteiger partial charge in [-0.1, -0.05) is 24.8 Å². The van der Waals surface area contributed by atoms with Crippen LogP contribution in [0.25, 0.3) is 0 Å². The van der Waals surface area contributed by atoms with Crippen molar-refractivity contribution in [2.24, 2.45) is 0 Å². The average molecular weight is 349 g/mol. The summed E-state index contributed by atoms with van der Waals surface area (Å²) < 4.78 is 0. The molecule has 4 heteroatoms. The molecule has 26 heavy (non-hydrogen) atoms. The quantitative estimate of drug-likeness (QED) is 0.445. The fourth-order valence-corrected chi connectivity index (χ4v) is 3.35. The van der Waals surface area contributed by atoms with Gasteiger partial charge in [0.15, 0.2) is 0 Å². The maximum Gasteiger partial charge on any atom is 0.150 e. The second kappa shape index (κ2) is 9.17. The Morgan fingerprint density at radius 2 is 1.92 bits per heavy atom. The van der Waals surface area contributed by atoms with E-state index in [1.54, 1.807) is 6.08 Å². The predicted molar refractivity (Wildman–Crippen MR) is 106 cm³/mol. The summed E-state index contributed by atoms with van der Waals surface area (Å²) in [5.74, 6) is 0. The normalized spacial score (nSPS) is 16.3. The van der Waals surface area contributed by atoms with Gasteiger partial charge in [-0.3, -0.25) is 9.69 Å². The number of aldehydes is 1. The molecule has 0 bridgehead atoms. The van der Waals surface area contributed by atoms with Crippen LogP contribution in [0.5, 0.6) is 0 Å². The third kappa shape index (κ3) is 4.50. The number of nitrogens with zero attached hydrogens (tertiary/aromatic N) is 3. The zero-order valence-corrected chi connectivity index (χ0v) is 16.0. The molecule has 1 aromatic carbocycles. The minimum absolute atomic E-state index is 0.684. The van der Waals surface area contributed by atoms with E-state index in [1.165, 1.54) is 11.1 Å². The van der Waals surface area contributed by atoms with Crippen molar-refractivity contribution >= 4 is 6.29 Å². The van der Waals surface area contributed by atoms with E-state index in [4.69, 9.17) is 0 Å². The third-order valence-corrected chi connectivity index (χ3v) is 4.92. The smallest absolute Gasteiger partial charge is 0.150 e. The van der Waals surface area contributed by atoms with Crippen molar-refractivity contribution in [1.29, 1.82) is 5.26 Å². The monoisotopic (exact) mass is 349 g/mol. The number of hydrogen-bond acceptors (Lipinski definition) is 4. The standard InChI is InChI=1S/C22H27N3O/c1-5-7-22(19(6-2)14-23)25-10-8-24(9-11-25)15-20-13-21(16-26)18(4)12-17(20)3/h5-7,12-13,16H,1,8-11,15H2,2-4H3/b19-6-,22-7+. The summed E-state index contributed by atoms with van der Waals surface area (Å²) in [4.78, 5) is 15.9. The van der Waals surface area contributed by atoms with Gasteiger partial charge in [-0.05, 0) is 49.6 Å². The van der Waals surface area contributed by atoms with Crippen LogP contribution in [0, 0.1) is 25.2 Å². The van der Waals surface area contributed by atoms with Gasteiger partial charge in [0.05, 0.1) is 11.3 Å². The Hall–Kier alpha value is -2.64. The van der Waals surface area contributed by atoms with E-state index in [9.17, 15) is 10.1 Å². The molecule has 1 fully saturated rings. The summed E-state index contributed by atoms with van der Waals surface area (Å²) in [7, 11) is 0. The van der Waals surface area contributed by atoms with Gasteiger partial charge >= 0.3 is 0 Å². The minimum atomic E-state index is 0.684. The molecule has 2 rings (SSSR count). The lowest BCUT2D eigenvalue weighted by atomic mass is 10.00. The van der Waals surface area contributed by atoms with Gasteiger partial charge in [-0.15, -0.1) is 0 Å². The van der Waals surface area contributed by atoms with Crippen LogP contribution in [-0.4, -0.2) is 42.3 Å². The van der Waals surface area contributed by atoms with Gasteiger partial charge in [0, 0.05) is 38.3 Å². The lowest BCUT2D eigenvalue weighted by Crippen LogP contribution is -2.45. The van der Waals surface area contributed by atoms with Gasteiger partial charge in [0.2, 0.25) is 0 Å². The highest BCUT2D eigenvalue weighted by Crippen LogP contribution is 2.21. The number of allylic oxidation sites excluding steroid dienone is 4. The van der Waals surface area contributed by atoms with Crippen LogP contribution in [0.4, 0.5) is 0 Å². The summed E-state index contributed by atoms with van der Waals surface area (Å²) >= 11 is 0. The second-order valence-corrected chi connectivity index (χ2v) is 6.62. The van der Waals surface area contributed by atoms with E-state index in [-0.39, 0.29) is 0 Å². The van der Waals surface area contributed by atoms with E-state index < -0.39 is 0 Å². The number of aryl methyl sites for hydroxylation is 2. The van der Waals surface area contributed by atoms with Crippen molar-refractivity contribution in [3.05, 3.63) is 70.5 Å². The summed E-state index contributed by atoms with van der Waals surface area (Å²) in [6.07, 6.45) is 6.43. The highest BCUT2D eigenvalue weighted by atomic mass is 16.1. The zero-order valence-electron chi connectivity index (χ0n) is 16.0. The van der Waals surface area contributed by atoms with Crippen LogP contribution in [0.15, 0.2) is 48.2 Å². The first-order valence-corrected chi connectivity index (χ1v) is 8.96. The molecule has 136 valence electrons. The van der Waals surface area contributed by atoms with Crippen LogP contribution < -0.4 is 0 Å². The van der Waals surface area contributed by atoms with Gasteiger partial charge in [0.25, 0.3) is 0 Å². The van der Waals surface area contributed by atoms with Crippen LogP contribution in [0.1, 0.15) is 34.0 Å². The molecule has 1 aliphatic heterocycles. The summed E-state index contributed by atoms with van der Waals surface area (Å²) in [5, 5.41) is 9.34. The first-order chi connectivity index (χ1) is 12.5. The highest BCUT2D eigenvalue weighted by molar-refractivity contribution is 5.77. The maximum absolute atomic E-state index is 11.2. The predicted octanol–water partition coefficient (Wildman–Crippen LogP) is 3.77. The Balaban J connectivity index is 2.07. The van der Waals surface area contributed by atoms with Crippen LogP contribution in [0.3, 0.4) is 0 Å². The summed E-state index contributed by atoms with van der Waals surface area (Å²) in [6.45, 7) is 14.1. The molecule has 1 saturated heterocycles. The molecule has 0 aliphatic carbocycles. The fourth-order valence-electron chi connectivity index (χ4n) is 3.35. The maximum atomic E-state index is 11.2. The molecule has 0 saturated carbocycles. The van der Waals surface area contributed by atoms with Crippen molar-refractivity contribution < 1.29 is 4.79 Å². The minimum Gasteiger partial charge on any atom is -0.368 e. The van der Waals surface area contributed by atoms with E-state index in [0.29, 0.717) is 5.57 Å². The number of hydrogen-bond donors (Lipinski definition) is 0. The van der Waals surface area contributed by atoms with Crippen LogP contribution in [-0.2, 0) is 6.54 Å². The lowest BCUT2D eigenvalue weighted by molar-refractivity contribution is 0.112. The molecule has 0 N–H and O–H groups in total. The highest BCUT2D eigenvalue weighted by Gasteiger charge is 2.21. The Kier molecular flexibility index (Phi) is 6.94. The van der Waals surface area contributed by atoms with E-state index in [2.05, 4.69) is 35.4 Å². The first kappa shape index (κ1) is 19.7. The molecule has 1 heterocycles. The molecule has 4 nitrogen and oxygen atoms in total. The molecule has 0 unspecified atom stereocenters. The number of rotatable bonds is 6. The van der Waals surface area contributed by atoms with Crippen molar-refractivity contribution in [2.75, 3.05) is 26.2 Å². The number of piperazine rings is 1. The Morgan fingerprint density at radius 3 is 2.46 bits per heavy atom. The SMILES string of the molecule is C=C/C=C(\C(C#N)=C/C)N1CCN(Cc2cc(C=O)c(C)cc2C)CC1. The molecule has 0 spiro atoms. The third-order valence-electron chi connectivity index (χ3n) is 4.92. The molecule has 1 aliphatic rings. The molecule has 0 aromatic heterocycles. The number of nitriles is 1. The van der Waals surface area contributed by atoms with Crippen molar-refractivity contribution in [3.8, 4) is 6.07 Å². The van der Waals surface area contributed by atoms with Crippen molar-refractivity contribution in [1.82, 2.24) is 9.80 Å². The Labute approximate surface area is 156 Å². The van der Waals surface area contributed by atoms with E-state index in [0.717, 1.165) is 55.8 Å². The first-order valence-electron chi connectivity index (χ1n) is 8.96. The van der Waals surface area contributed by atoms with Crippen LogP contribution >= 0.6 is 0 Å². The fraction of sp³-hybridized carbons (Fsp3) is 0.364. The number of benzene rings is 1. The molecule has 0 radical (unpaired) electrons. The Bertz CT molecular complexity index is 775. The summed E-state index contributed by atoms with van der Waals surface area (Å²) in [5.41, 5.74) is 5.86. The molecule has 1 aromatic rings. The largest absolute Gasteiger partial charge is 0.368 e. The van der Waals surface area contributed by atoms with Crippen molar-refractivity contribution in [3.63, 3.8) is 0 Å². The lowest BCUT2D eigenvalue weighted by Gasteiger charge is -2.37. The number of carbonyl (C=O) groups excluding carboxylic acids is 1. The average Bonchev–Trinajstić information content (AvgIpc) is 2.65. The summed E-state index contributed by atoms with van der Waals surface area (Å²) in [6, 6.07) is 6.37. The van der Waals surface area contributed by atoms with Gasteiger partial charge < -0.3 is 4.90 Å². The van der Waals surface area contributed by atoms with Crippen molar-refractivity contribution in [2.45, 2.75) is 27.3 Å². The Morgan fingerprint density at radius 1 is 1.23 bits per heavy atom. The molecular formula is C22H27N3O. The molecule has 0 atom stereocenters. The van der Waals surface area contributed by atoms with E-state index in [1.807, 2.05) is 32.1 Å². The molecular weight excluding hydrogens is 322 g/mol.